The van der Waals surface area contributed by atoms with E-state index in [2.05, 4.69) is 10.6 Å². The molecule has 7 nitrogen and oxygen atoms in total. The first-order valence-corrected chi connectivity index (χ1v) is 9.12. The summed E-state index contributed by atoms with van der Waals surface area (Å²) >= 11 is 0. The molecule has 0 radical (unpaired) electrons. The SMILES string of the molecule is COC(CNC(=O)C(NC(=O)Cc1ccc2ccccc2c1)C(C)C)C(=O)O. The third-order valence-corrected chi connectivity index (χ3v) is 4.47. The van der Waals surface area contributed by atoms with Crippen molar-refractivity contribution >= 4 is 28.6 Å². The average Bonchev–Trinajstić information content (AvgIpc) is 2.65. The summed E-state index contributed by atoms with van der Waals surface area (Å²) in [4.78, 5) is 35.9. The summed E-state index contributed by atoms with van der Waals surface area (Å²) in [6.45, 7) is 3.45. The third kappa shape index (κ3) is 5.79. The van der Waals surface area contributed by atoms with Gasteiger partial charge >= 0.3 is 5.97 Å². The van der Waals surface area contributed by atoms with E-state index in [9.17, 15) is 14.4 Å². The lowest BCUT2D eigenvalue weighted by molar-refractivity contribution is -0.148. The molecule has 3 N–H and O–H groups in total. The Labute approximate surface area is 164 Å². The van der Waals surface area contributed by atoms with Crippen LogP contribution in [0, 0.1) is 5.92 Å². The van der Waals surface area contributed by atoms with E-state index in [4.69, 9.17) is 9.84 Å². The molecular weight excluding hydrogens is 360 g/mol. The van der Waals surface area contributed by atoms with Crippen molar-refractivity contribution in [2.24, 2.45) is 5.92 Å². The van der Waals surface area contributed by atoms with Gasteiger partial charge in [-0.05, 0) is 22.3 Å². The molecular formula is C21H26N2O5. The summed E-state index contributed by atoms with van der Waals surface area (Å²) in [7, 11) is 1.26. The van der Waals surface area contributed by atoms with Crippen molar-refractivity contribution < 1.29 is 24.2 Å². The molecule has 2 aromatic carbocycles. The van der Waals surface area contributed by atoms with E-state index in [1.165, 1.54) is 7.11 Å². The largest absolute Gasteiger partial charge is 0.479 e. The monoisotopic (exact) mass is 386 g/mol. The van der Waals surface area contributed by atoms with Crippen LogP contribution >= 0.6 is 0 Å². The second-order valence-corrected chi connectivity index (χ2v) is 6.96. The van der Waals surface area contributed by atoms with Gasteiger partial charge in [-0.2, -0.15) is 0 Å². The van der Waals surface area contributed by atoms with Crippen LogP contribution in [0.1, 0.15) is 19.4 Å². The number of methoxy groups -OCH3 is 1. The van der Waals surface area contributed by atoms with Crippen LogP contribution in [0.5, 0.6) is 0 Å². The summed E-state index contributed by atoms with van der Waals surface area (Å²) in [5.74, 6) is -2.04. The van der Waals surface area contributed by atoms with Gasteiger partial charge in [0.05, 0.1) is 13.0 Å². The second kappa shape index (κ2) is 9.85. The lowest BCUT2D eigenvalue weighted by Crippen LogP contribution is -2.52. The van der Waals surface area contributed by atoms with E-state index in [-0.39, 0.29) is 24.8 Å². The molecule has 2 atom stereocenters. The van der Waals surface area contributed by atoms with Gasteiger partial charge in [-0.3, -0.25) is 9.59 Å². The maximum absolute atomic E-state index is 12.5. The fourth-order valence-electron chi connectivity index (χ4n) is 2.87. The molecule has 0 aliphatic carbocycles. The van der Waals surface area contributed by atoms with Crippen molar-refractivity contribution in [1.82, 2.24) is 10.6 Å². The molecule has 0 aliphatic rings. The van der Waals surface area contributed by atoms with E-state index < -0.39 is 24.0 Å². The number of carbonyl (C=O) groups is 3. The Hall–Kier alpha value is -2.93. The summed E-state index contributed by atoms with van der Waals surface area (Å²) in [6.07, 6.45) is -0.984. The van der Waals surface area contributed by atoms with Crippen molar-refractivity contribution in [2.75, 3.05) is 13.7 Å². The Kier molecular flexibility index (Phi) is 7.52. The first kappa shape index (κ1) is 21.4. The van der Waals surface area contributed by atoms with Crippen molar-refractivity contribution in [1.29, 1.82) is 0 Å². The van der Waals surface area contributed by atoms with Gasteiger partial charge in [-0.25, -0.2) is 4.79 Å². The maximum atomic E-state index is 12.5. The highest BCUT2D eigenvalue weighted by Gasteiger charge is 2.26. The lowest BCUT2D eigenvalue weighted by atomic mass is 10.0. The standard InChI is InChI=1S/C21H26N2O5/c1-13(2)19(20(25)22-12-17(28-3)21(26)27)23-18(24)11-14-8-9-15-6-4-5-7-16(15)10-14/h4-10,13,17,19H,11-12H2,1-3H3,(H,22,25)(H,23,24)(H,26,27). The van der Waals surface area contributed by atoms with E-state index in [1.54, 1.807) is 0 Å². The summed E-state index contributed by atoms with van der Waals surface area (Å²) in [5, 5.41) is 16.4. The zero-order valence-corrected chi connectivity index (χ0v) is 16.3. The number of hydrogen-bond acceptors (Lipinski definition) is 4. The van der Waals surface area contributed by atoms with Crippen LogP contribution in [0.2, 0.25) is 0 Å². The Bertz CT molecular complexity index is 850. The second-order valence-electron chi connectivity index (χ2n) is 6.96. The number of fused-ring (bicyclic) bond motifs is 1. The quantitative estimate of drug-likeness (QED) is 0.609. The number of nitrogens with one attached hydrogen (secondary N) is 2. The molecule has 0 aromatic heterocycles. The molecule has 150 valence electrons. The average molecular weight is 386 g/mol. The molecule has 2 amide bonds. The van der Waals surface area contributed by atoms with Crippen molar-refractivity contribution in [3.63, 3.8) is 0 Å². The van der Waals surface area contributed by atoms with Crippen LogP contribution in [-0.2, 0) is 25.5 Å². The summed E-state index contributed by atoms with van der Waals surface area (Å²) < 4.78 is 4.80. The van der Waals surface area contributed by atoms with Gasteiger partial charge in [0.25, 0.3) is 0 Å². The Morgan fingerprint density at radius 2 is 1.75 bits per heavy atom. The fourth-order valence-corrected chi connectivity index (χ4v) is 2.87. The molecule has 2 unspecified atom stereocenters. The van der Waals surface area contributed by atoms with Crippen LogP contribution in [0.25, 0.3) is 10.8 Å². The minimum Gasteiger partial charge on any atom is -0.479 e. The number of carboxylic acid groups (broad SMARTS) is 1. The van der Waals surface area contributed by atoms with Gasteiger partial charge < -0.3 is 20.5 Å². The highest BCUT2D eigenvalue weighted by Crippen LogP contribution is 2.16. The van der Waals surface area contributed by atoms with Crippen LogP contribution in [0.15, 0.2) is 42.5 Å². The lowest BCUT2D eigenvalue weighted by Gasteiger charge is -2.22. The fraction of sp³-hybridized carbons (Fsp3) is 0.381. The summed E-state index contributed by atoms with van der Waals surface area (Å²) in [6, 6.07) is 12.9. The number of rotatable bonds is 9. The predicted molar refractivity (Wildman–Crippen MR) is 106 cm³/mol. The Morgan fingerprint density at radius 1 is 1.07 bits per heavy atom. The Morgan fingerprint density at radius 3 is 2.36 bits per heavy atom. The van der Waals surface area contributed by atoms with Crippen LogP contribution in [0.3, 0.4) is 0 Å². The zero-order valence-electron chi connectivity index (χ0n) is 16.3. The molecule has 0 saturated carbocycles. The molecule has 0 fully saturated rings. The number of hydrogen-bond donors (Lipinski definition) is 3. The Balaban J connectivity index is 1.98. The predicted octanol–water partition coefficient (Wildman–Crippen LogP) is 1.74. The minimum absolute atomic E-state index is 0.150. The van der Waals surface area contributed by atoms with Gasteiger partial charge in [0.2, 0.25) is 11.8 Å². The first-order valence-electron chi connectivity index (χ1n) is 9.12. The van der Waals surface area contributed by atoms with Gasteiger partial charge in [0.1, 0.15) is 6.04 Å². The number of ether oxygens (including phenoxy) is 1. The van der Waals surface area contributed by atoms with Gasteiger partial charge in [0.15, 0.2) is 6.10 Å². The van der Waals surface area contributed by atoms with E-state index in [0.29, 0.717) is 0 Å². The molecule has 7 heteroatoms. The highest BCUT2D eigenvalue weighted by atomic mass is 16.5. The first-order chi connectivity index (χ1) is 13.3. The third-order valence-electron chi connectivity index (χ3n) is 4.47. The van der Waals surface area contributed by atoms with Gasteiger partial charge in [0, 0.05) is 7.11 Å². The molecule has 2 aromatic rings. The topological polar surface area (TPSA) is 105 Å². The molecule has 28 heavy (non-hydrogen) atoms. The number of amides is 2. The summed E-state index contributed by atoms with van der Waals surface area (Å²) in [5.41, 5.74) is 0.851. The van der Waals surface area contributed by atoms with Crippen molar-refractivity contribution in [3.05, 3.63) is 48.0 Å². The molecule has 0 spiro atoms. The maximum Gasteiger partial charge on any atom is 0.334 e. The van der Waals surface area contributed by atoms with E-state index in [1.807, 2.05) is 56.3 Å². The molecule has 0 bridgehead atoms. The number of benzene rings is 2. The van der Waals surface area contributed by atoms with E-state index >= 15 is 0 Å². The smallest absolute Gasteiger partial charge is 0.334 e. The van der Waals surface area contributed by atoms with Crippen LogP contribution < -0.4 is 10.6 Å². The van der Waals surface area contributed by atoms with Crippen molar-refractivity contribution in [2.45, 2.75) is 32.4 Å². The van der Waals surface area contributed by atoms with Crippen molar-refractivity contribution in [3.8, 4) is 0 Å². The molecule has 0 heterocycles. The number of carboxylic acids is 1. The highest BCUT2D eigenvalue weighted by molar-refractivity contribution is 5.90. The molecule has 0 aliphatic heterocycles. The number of aliphatic carboxylic acids is 1. The van der Waals surface area contributed by atoms with Crippen LogP contribution in [-0.4, -0.2) is 48.7 Å². The molecule has 0 saturated heterocycles. The van der Waals surface area contributed by atoms with Gasteiger partial charge in [-0.1, -0.05) is 56.3 Å². The zero-order chi connectivity index (χ0) is 20.7. The van der Waals surface area contributed by atoms with E-state index in [0.717, 1.165) is 16.3 Å². The number of carbonyl (C=O) groups excluding carboxylic acids is 2. The normalized spacial score (nSPS) is 13.1. The molecule has 2 rings (SSSR count). The van der Waals surface area contributed by atoms with Crippen LogP contribution in [0.4, 0.5) is 0 Å². The van der Waals surface area contributed by atoms with Gasteiger partial charge in [-0.15, -0.1) is 0 Å². The minimum atomic E-state index is -1.16.